The molecule has 1 amide bonds. The summed E-state index contributed by atoms with van der Waals surface area (Å²) in [7, 11) is 0. The van der Waals surface area contributed by atoms with Crippen LogP contribution in [0.2, 0.25) is 0 Å². The number of carbonyl (C=O) groups excluding carboxylic acids is 1. The quantitative estimate of drug-likeness (QED) is 0.693. The van der Waals surface area contributed by atoms with Gasteiger partial charge in [0.15, 0.2) is 11.5 Å². The van der Waals surface area contributed by atoms with Gasteiger partial charge in [-0.1, -0.05) is 0 Å². The predicted octanol–water partition coefficient (Wildman–Crippen LogP) is 1.69. The zero-order chi connectivity index (χ0) is 17.6. The lowest BCUT2D eigenvalue weighted by Crippen LogP contribution is -2.38. The van der Waals surface area contributed by atoms with Crippen molar-refractivity contribution >= 4 is 17.7 Å². The summed E-state index contributed by atoms with van der Waals surface area (Å²) < 4.78 is 11.1. The van der Waals surface area contributed by atoms with Crippen LogP contribution in [0.1, 0.15) is 16.8 Å². The monoisotopic (exact) mass is 363 g/mol. The molecular formula is C17H21N3O4S. The van der Waals surface area contributed by atoms with Crippen molar-refractivity contribution in [3.8, 4) is 22.8 Å². The van der Waals surface area contributed by atoms with E-state index in [1.165, 1.54) is 6.20 Å². The molecular weight excluding hydrogens is 342 g/mol. The summed E-state index contributed by atoms with van der Waals surface area (Å²) in [5.74, 6) is 1.95. The molecule has 134 valence electrons. The number of amides is 1. The summed E-state index contributed by atoms with van der Waals surface area (Å²) in [5.41, 5.74) is 1.83. The Kier molecular flexibility index (Phi) is 5.83. The van der Waals surface area contributed by atoms with Gasteiger partial charge in [0.05, 0.1) is 30.1 Å². The van der Waals surface area contributed by atoms with Gasteiger partial charge in [-0.2, -0.15) is 16.9 Å². The second-order valence-corrected chi connectivity index (χ2v) is 6.64. The maximum Gasteiger partial charge on any atom is 0.255 e. The van der Waals surface area contributed by atoms with Crippen molar-refractivity contribution in [2.45, 2.75) is 12.5 Å². The average molecular weight is 363 g/mol. The van der Waals surface area contributed by atoms with Crippen LogP contribution in [0.3, 0.4) is 0 Å². The first kappa shape index (κ1) is 17.6. The minimum absolute atomic E-state index is 0.0937. The maximum absolute atomic E-state index is 12.6. The van der Waals surface area contributed by atoms with Gasteiger partial charge in [0.1, 0.15) is 13.2 Å². The number of hydrogen-bond acceptors (Lipinski definition) is 6. The number of aliphatic hydroxyl groups is 1. The lowest BCUT2D eigenvalue weighted by atomic mass is 10.1. The molecule has 1 aliphatic rings. The summed E-state index contributed by atoms with van der Waals surface area (Å²) in [6, 6.07) is 5.23. The number of benzene rings is 1. The molecule has 2 aromatic rings. The van der Waals surface area contributed by atoms with Crippen LogP contribution in [-0.2, 0) is 0 Å². The van der Waals surface area contributed by atoms with Crippen molar-refractivity contribution in [1.29, 1.82) is 0 Å². The summed E-state index contributed by atoms with van der Waals surface area (Å²) in [5, 5.41) is 19.2. The van der Waals surface area contributed by atoms with E-state index in [1.54, 1.807) is 11.8 Å². The predicted molar refractivity (Wildman–Crippen MR) is 96.4 cm³/mol. The number of aliphatic hydroxyl groups excluding tert-OH is 1. The summed E-state index contributed by atoms with van der Waals surface area (Å²) in [6.45, 7) is 0.937. The van der Waals surface area contributed by atoms with E-state index in [9.17, 15) is 9.90 Å². The number of hydrogen-bond donors (Lipinski definition) is 3. The third-order valence-electron chi connectivity index (χ3n) is 3.94. The fourth-order valence-corrected chi connectivity index (χ4v) is 3.13. The van der Waals surface area contributed by atoms with Crippen LogP contribution in [0, 0.1) is 0 Å². The molecule has 0 saturated heterocycles. The number of rotatable bonds is 7. The Morgan fingerprint density at radius 2 is 2.20 bits per heavy atom. The largest absolute Gasteiger partial charge is 0.486 e. The molecule has 0 saturated carbocycles. The second kappa shape index (κ2) is 8.26. The molecule has 0 spiro atoms. The highest BCUT2D eigenvalue weighted by Crippen LogP contribution is 2.34. The van der Waals surface area contributed by atoms with Crippen LogP contribution in [0.4, 0.5) is 0 Å². The van der Waals surface area contributed by atoms with E-state index in [4.69, 9.17) is 9.47 Å². The standard InChI is InChI=1S/C17H21N3O4S/c1-25-7-4-12(10-21)19-17(22)13-9-18-20-16(13)11-2-3-14-15(8-11)24-6-5-23-14/h2-3,8-9,12,21H,4-7,10H2,1H3,(H,18,20)(H,19,22)/t12-/m0/s1. The van der Waals surface area contributed by atoms with Crippen molar-refractivity contribution in [3.63, 3.8) is 0 Å². The molecule has 0 bridgehead atoms. The van der Waals surface area contributed by atoms with E-state index in [0.29, 0.717) is 42.4 Å². The fraction of sp³-hybridized carbons (Fsp3) is 0.412. The number of nitrogens with one attached hydrogen (secondary N) is 2. The first-order valence-corrected chi connectivity index (χ1v) is 9.46. The highest BCUT2D eigenvalue weighted by Gasteiger charge is 2.20. The molecule has 0 unspecified atom stereocenters. The molecule has 1 aliphatic heterocycles. The smallest absolute Gasteiger partial charge is 0.255 e. The molecule has 1 aromatic heterocycles. The number of thioether (sulfide) groups is 1. The zero-order valence-electron chi connectivity index (χ0n) is 13.9. The lowest BCUT2D eigenvalue weighted by Gasteiger charge is -2.19. The Morgan fingerprint density at radius 3 is 2.96 bits per heavy atom. The van der Waals surface area contributed by atoms with Gasteiger partial charge in [-0.15, -0.1) is 0 Å². The molecule has 2 heterocycles. The van der Waals surface area contributed by atoms with Gasteiger partial charge in [0.2, 0.25) is 0 Å². The first-order chi connectivity index (χ1) is 12.2. The Labute approximate surface area is 150 Å². The molecule has 0 aliphatic carbocycles. The summed E-state index contributed by atoms with van der Waals surface area (Å²) >= 11 is 1.68. The minimum atomic E-state index is -0.275. The highest BCUT2D eigenvalue weighted by molar-refractivity contribution is 7.98. The second-order valence-electron chi connectivity index (χ2n) is 5.65. The van der Waals surface area contributed by atoms with Crippen molar-refractivity contribution in [2.75, 3.05) is 31.8 Å². The van der Waals surface area contributed by atoms with Crippen LogP contribution in [-0.4, -0.2) is 59.1 Å². The third kappa shape index (κ3) is 4.08. The average Bonchev–Trinajstić information content (AvgIpc) is 3.14. The number of aromatic amines is 1. The van der Waals surface area contributed by atoms with Gasteiger partial charge in [-0.25, -0.2) is 0 Å². The van der Waals surface area contributed by atoms with E-state index in [-0.39, 0.29) is 18.6 Å². The van der Waals surface area contributed by atoms with Crippen LogP contribution in [0.15, 0.2) is 24.4 Å². The molecule has 25 heavy (non-hydrogen) atoms. The Bertz CT molecular complexity index is 734. The van der Waals surface area contributed by atoms with Crippen molar-refractivity contribution < 1.29 is 19.4 Å². The van der Waals surface area contributed by atoms with Gasteiger partial charge in [0.25, 0.3) is 5.91 Å². The molecule has 7 nitrogen and oxygen atoms in total. The number of aromatic nitrogens is 2. The van der Waals surface area contributed by atoms with Crippen molar-refractivity contribution in [3.05, 3.63) is 30.0 Å². The van der Waals surface area contributed by atoms with E-state index in [0.717, 1.165) is 11.3 Å². The van der Waals surface area contributed by atoms with Crippen LogP contribution in [0.5, 0.6) is 11.5 Å². The Hall–Kier alpha value is -2.19. The minimum Gasteiger partial charge on any atom is -0.486 e. The Balaban J connectivity index is 1.79. The van der Waals surface area contributed by atoms with Crippen molar-refractivity contribution in [2.24, 2.45) is 0 Å². The van der Waals surface area contributed by atoms with Crippen LogP contribution >= 0.6 is 11.8 Å². The number of fused-ring (bicyclic) bond motifs is 1. The van der Waals surface area contributed by atoms with Gasteiger partial charge in [0, 0.05) is 5.56 Å². The Morgan fingerprint density at radius 1 is 1.40 bits per heavy atom. The number of ether oxygens (including phenoxy) is 2. The van der Waals surface area contributed by atoms with Gasteiger partial charge >= 0.3 is 0 Å². The van der Waals surface area contributed by atoms with E-state index in [2.05, 4.69) is 15.5 Å². The van der Waals surface area contributed by atoms with Crippen LogP contribution in [0.25, 0.3) is 11.3 Å². The van der Waals surface area contributed by atoms with E-state index in [1.807, 2.05) is 24.5 Å². The first-order valence-electron chi connectivity index (χ1n) is 8.07. The third-order valence-corrected chi connectivity index (χ3v) is 4.58. The molecule has 1 aromatic carbocycles. The summed E-state index contributed by atoms with van der Waals surface area (Å²) in [6.07, 6.45) is 4.19. The zero-order valence-corrected chi connectivity index (χ0v) is 14.8. The highest BCUT2D eigenvalue weighted by atomic mass is 32.2. The van der Waals surface area contributed by atoms with Gasteiger partial charge < -0.3 is 19.9 Å². The normalized spacial score (nSPS) is 14.2. The maximum atomic E-state index is 12.6. The summed E-state index contributed by atoms with van der Waals surface area (Å²) in [4.78, 5) is 12.6. The van der Waals surface area contributed by atoms with Gasteiger partial charge in [-0.3, -0.25) is 9.89 Å². The van der Waals surface area contributed by atoms with Crippen LogP contribution < -0.4 is 14.8 Å². The number of H-pyrrole nitrogens is 1. The molecule has 8 heteroatoms. The molecule has 3 N–H and O–H groups in total. The lowest BCUT2D eigenvalue weighted by molar-refractivity contribution is 0.0916. The van der Waals surface area contributed by atoms with E-state index >= 15 is 0 Å². The molecule has 1 atom stereocenters. The molecule has 0 fully saturated rings. The van der Waals surface area contributed by atoms with E-state index < -0.39 is 0 Å². The number of nitrogens with zero attached hydrogens (tertiary/aromatic N) is 1. The number of carbonyl (C=O) groups is 1. The topological polar surface area (TPSA) is 96.5 Å². The van der Waals surface area contributed by atoms with Crippen molar-refractivity contribution in [1.82, 2.24) is 15.5 Å². The fourth-order valence-electron chi connectivity index (χ4n) is 2.61. The van der Waals surface area contributed by atoms with Gasteiger partial charge in [-0.05, 0) is 36.6 Å². The molecule has 0 radical (unpaired) electrons. The SMILES string of the molecule is CSCC[C@@H](CO)NC(=O)c1cn[nH]c1-c1ccc2c(c1)OCCO2. The molecule has 3 rings (SSSR count).